The summed E-state index contributed by atoms with van der Waals surface area (Å²) >= 11 is 0. The summed E-state index contributed by atoms with van der Waals surface area (Å²) in [6.07, 6.45) is 4.62. The highest BCUT2D eigenvalue weighted by atomic mass is 16.6. The second kappa shape index (κ2) is 15.4. The summed E-state index contributed by atoms with van der Waals surface area (Å²) in [6.45, 7) is -0.546. The first-order valence-electron chi connectivity index (χ1n) is 13.9. The SMILES string of the molecule is O=C(C[C@@H](NC(=O)OCc1ccccc1)C(=O)OCC(=O)c1ccc(C2CCCCC2)cc1)OCc1ccccc1. The molecule has 8 heteroatoms. The van der Waals surface area contributed by atoms with Gasteiger partial charge in [-0.25, -0.2) is 9.59 Å². The fourth-order valence-electron chi connectivity index (χ4n) is 4.76. The molecule has 1 amide bonds. The Morgan fingerprint density at radius 1 is 0.707 bits per heavy atom. The molecule has 0 bridgehead atoms. The molecule has 8 nitrogen and oxygen atoms in total. The summed E-state index contributed by atoms with van der Waals surface area (Å²) < 4.78 is 15.7. The van der Waals surface area contributed by atoms with E-state index in [0.717, 1.165) is 24.0 Å². The van der Waals surface area contributed by atoms with Crippen molar-refractivity contribution in [2.45, 2.75) is 63.7 Å². The number of amides is 1. The van der Waals surface area contributed by atoms with Crippen molar-refractivity contribution in [3.8, 4) is 0 Å². The molecule has 0 heterocycles. The van der Waals surface area contributed by atoms with Crippen LogP contribution in [-0.2, 0) is 37.0 Å². The van der Waals surface area contributed by atoms with Gasteiger partial charge in [0.2, 0.25) is 0 Å². The second-order valence-corrected chi connectivity index (χ2v) is 10.1. The van der Waals surface area contributed by atoms with Gasteiger partial charge < -0.3 is 19.5 Å². The summed E-state index contributed by atoms with van der Waals surface area (Å²) in [5.74, 6) is -1.53. The number of rotatable bonds is 12. The number of Topliss-reactive ketones (excluding diaryl/α,β-unsaturated/α-hetero) is 1. The molecule has 1 aliphatic carbocycles. The van der Waals surface area contributed by atoms with Crippen LogP contribution < -0.4 is 5.32 Å². The third kappa shape index (κ3) is 9.60. The standard InChI is InChI=1S/C33H35NO7/c35-30(28-18-16-27(17-19-28)26-14-8-3-9-15-26)23-40-32(37)29(20-31(36)39-21-24-10-4-1-5-11-24)34-33(38)41-22-25-12-6-2-7-13-25/h1-2,4-7,10-13,16-19,26,29H,3,8-9,14-15,20-23H2,(H,34,38)/t29-/m1/s1. The highest BCUT2D eigenvalue weighted by molar-refractivity contribution is 5.98. The number of carbonyl (C=O) groups excluding carboxylic acids is 4. The lowest BCUT2D eigenvalue weighted by Crippen LogP contribution is -2.44. The molecule has 1 saturated carbocycles. The number of carbonyl (C=O) groups is 4. The van der Waals surface area contributed by atoms with E-state index >= 15 is 0 Å². The Morgan fingerprint density at radius 2 is 1.29 bits per heavy atom. The molecule has 0 spiro atoms. The van der Waals surface area contributed by atoms with Crippen molar-refractivity contribution in [3.63, 3.8) is 0 Å². The van der Waals surface area contributed by atoms with Crippen molar-refractivity contribution in [1.82, 2.24) is 5.32 Å². The van der Waals surface area contributed by atoms with Crippen LogP contribution in [0.5, 0.6) is 0 Å². The van der Waals surface area contributed by atoms with Crippen LogP contribution in [0, 0.1) is 0 Å². The molecule has 0 aromatic heterocycles. The Balaban J connectivity index is 1.32. The monoisotopic (exact) mass is 557 g/mol. The number of esters is 2. The Labute approximate surface area is 240 Å². The van der Waals surface area contributed by atoms with Gasteiger partial charge in [-0.1, -0.05) is 104 Å². The third-order valence-corrected chi connectivity index (χ3v) is 7.06. The molecule has 0 saturated heterocycles. The molecule has 0 radical (unpaired) electrons. The normalized spacial score (nSPS) is 14.0. The first kappa shape index (κ1) is 29.5. The predicted molar refractivity (Wildman–Crippen MR) is 152 cm³/mol. The van der Waals surface area contributed by atoms with Gasteiger partial charge in [-0.15, -0.1) is 0 Å². The van der Waals surface area contributed by atoms with E-state index in [0.29, 0.717) is 11.5 Å². The van der Waals surface area contributed by atoms with Crippen LogP contribution in [0.2, 0.25) is 0 Å². The third-order valence-electron chi connectivity index (χ3n) is 7.06. The highest BCUT2D eigenvalue weighted by Crippen LogP contribution is 2.32. The van der Waals surface area contributed by atoms with Crippen molar-refractivity contribution in [2.24, 2.45) is 0 Å². The molecule has 1 fully saturated rings. The fraction of sp³-hybridized carbons (Fsp3) is 0.333. The summed E-state index contributed by atoms with van der Waals surface area (Å²) in [6, 6.07) is 24.1. The molecular formula is C33H35NO7. The van der Waals surface area contributed by atoms with Gasteiger partial charge in [-0.2, -0.15) is 0 Å². The van der Waals surface area contributed by atoms with E-state index < -0.39 is 37.1 Å². The Morgan fingerprint density at radius 3 is 1.90 bits per heavy atom. The van der Waals surface area contributed by atoms with Crippen LogP contribution in [0.4, 0.5) is 4.79 Å². The summed E-state index contributed by atoms with van der Waals surface area (Å²) in [4.78, 5) is 50.6. The summed E-state index contributed by atoms with van der Waals surface area (Å²) in [7, 11) is 0. The molecule has 214 valence electrons. The number of ketones is 1. The molecule has 0 aliphatic heterocycles. The molecule has 0 unspecified atom stereocenters. The highest BCUT2D eigenvalue weighted by Gasteiger charge is 2.28. The van der Waals surface area contributed by atoms with Gasteiger partial charge in [-0.3, -0.25) is 9.59 Å². The van der Waals surface area contributed by atoms with Crippen molar-refractivity contribution in [3.05, 3.63) is 107 Å². The van der Waals surface area contributed by atoms with Crippen LogP contribution in [-0.4, -0.2) is 36.5 Å². The van der Waals surface area contributed by atoms with Gasteiger partial charge in [0, 0.05) is 5.56 Å². The van der Waals surface area contributed by atoms with E-state index in [9.17, 15) is 19.2 Å². The van der Waals surface area contributed by atoms with Crippen LogP contribution in [0.3, 0.4) is 0 Å². The van der Waals surface area contributed by atoms with Crippen LogP contribution in [0.15, 0.2) is 84.9 Å². The second-order valence-electron chi connectivity index (χ2n) is 10.1. The number of hydrogen-bond acceptors (Lipinski definition) is 7. The minimum atomic E-state index is -1.40. The van der Waals surface area contributed by atoms with Gasteiger partial charge in [0.1, 0.15) is 19.3 Å². The average Bonchev–Trinajstić information content (AvgIpc) is 3.02. The van der Waals surface area contributed by atoms with Crippen molar-refractivity contribution < 1.29 is 33.4 Å². The van der Waals surface area contributed by atoms with Gasteiger partial charge in [0.15, 0.2) is 12.4 Å². The zero-order valence-corrected chi connectivity index (χ0v) is 23.0. The number of alkyl carbamates (subject to hydrolysis) is 1. The summed E-state index contributed by atoms with van der Waals surface area (Å²) in [5, 5.41) is 2.38. The number of nitrogens with one attached hydrogen (secondary N) is 1. The minimum absolute atomic E-state index is 0.00916. The molecular weight excluding hydrogens is 522 g/mol. The van der Waals surface area contributed by atoms with Crippen molar-refractivity contribution in [2.75, 3.05) is 6.61 Å². The maximum absolute atomic E-state index is 12.9. The largest absolute Gasteiger partial charge is 0.461 e. The van der Waals surface area contributed by atoms with Gasteiger partial charge in [0.25, 0.3) is 0 Å². The quantitative estimate of drug-likeness (QED) is 0.168. The number of hydrogen-bond donors (Lipinski definition) is 1. The van der Waals surface area contributed by atoms with E-state index in [-0.39, 0.29) is 19.0 Å². The van der Waals surface area contributed by atoms with Gasteiger partial charge >= 0.3 is 18.0 Å². The van der Waals surface area contributed by atoms with E-state index in [1.165, 1.54) is 24.8 Å². The van der Waals surface area contributed by atoms with Gasteiger partial charge in [0.05, 0.1) is 6.42 Å². The fourth-order valence-corrected chi connectivity index (χ4v) is 4.76. The maximum atomic E-state index is 12.9. The summed E-state index contributed by atoms with van der Waals surface area (Å²) in [5.41, 5.74) is 3.16. The lowest BCUT2D eigenvalue weighted by atomic mass is 9.84. The Hall–Kier alpha value is -4.46. The molecule has 3 aromatic carbocycles. The van der Waals surface area contributed by atoms with E-state index in [4.69, 9.17) is 14.2 Å². The molecule has 41 heavy (non-hydrogen) atoms. The first-order chi connectivity index (χ1) is 20.0. The minimum Gasteiger partial charge on any atom is -0.461 e. The van der Waals surface area contributed by atoms with Crippen molar-refractivity contribution >= 4 is 23.8 Å². The van der Waals surface area contributed by atoms with Crippen LogP contribution in [0.1, 0.15) is 71.5 Å². The molecule has 3 aromatic rings. The van der Waals surface area contributed by atoms with Crippen molar-refractivity contribution in [1.29, 1.82) is 0 Å². The zero-order valence-electron chi connectivity index (χ0n) is 23.0. The van der Waals surface area contributed by atoms with E-state index in [1.807, 2.05) is 36.4 Å². The Kier molecular flexibility index (Phi) is 11.1. The molecule has 1 atom stereocenters. The molecule has 1 aliphatic rings. The molecule has 1 N–H and O–H groups in total. The maximum Gasteiger partial charge on any atom is 0.408 e. The number of benzene rings is 3. The zero-order chi connectivity index (χ0) is 28.9. The van der Waals surface area contributed by atoms with Gasteiger partial charge in [-0.05, 0) is 35.4 Å². The predicted octanol–water partition coefficient (Wildman–Crippen LogP) is 5.89. The van der Waals surface area contributed by atoms with Crippen LogP contribution in [0.25, 0.3) is 0 Å². The molecule has 4 rings (SSSR count). The van der Waals surface area contributed by atoms with E-state index in [2.05, 4.69) is 5.32 Å². The topological polar surface area (TPSA) is 108 Å². The lowest BCUT2D eigenvalue weighted by molar-refractivity contribution is -0.152. The lowest BCUT2D eigenvalue weighted by Gasteiger charge is -2.22. The van der Waals surface area contributed by atoms with Crippen LogP contribution >= 0.6 is 0 Å². The first-order valence-corrected chi connectivity index (χ1v) is 13.9. The Bertz CT molecular complexity index is 1230. The van der Waals surface area contributed by atoms with E-state index in [1.54, 1.807) is 48.5 Å². The smallest absolute Gasteiger partial charge is 0.408 e. The average molecular weight is 558 g/mol. The number of ether oxygens (including phenoxy) is 3.